The molecule has 0 spiro atoms. The smallest absolute Gasteiger partial charge is 0.255 e. The average molecular weight is 370 g/mol. The lowest BCUT2D eigenvalue weighted by molar-refractivity contribution is -0.00576. The zero-order chi connectivity index (χ0) is 19.0. The fourth-order valence-corrected chi connectivity index (χ4v) is 4.00. The van der Waals surface area contributed by atoms with Crippen LogP contribution in [0.5, 0.6) is 5.75 Å². The highest BCUT2D eigenvalue weighted by molar-refractivity contribution is 5.36. The number of ether oxygens (including phenoxy) is 1. The summed E-state index contributed by atoms with van der Waals surface area (Å²) in [5, 5.41) is 10.0. The second kappa shape index (κ2) is 7.32. The zero-order valence-corrected chi connectivity index (χ0v) is 15.8. The first-order valence-corrected chi connectivity index (χ1v) is 9.51. The van der Waals surface area contributed by atoms with Crippen LogP contribution in [0.3, 0.4) is 0 Å². The molecule has 2 atom stereocenters. The van der Waals surface area contributed by atoms with Gasteiger partial charge in [-0.25, -0.2) is 4.98 Å². The molecule has 0 saturated carbocycles. The van der Waals surface area contributed by atoms with Crippen molar-refractivity contribution in [3.63, 3.8) is 0 Å². The molecule has 0 unspecified atom stereocenters. The number of phenolic OH excluding ortho intramolecular Hbond substituents is 1. The third-order valence-corrected chi connectivity index (χ3v) is 5.24. The van der Waals surface area contributed by atoms with E-state index in [1.807, 2.05) is 32.0 Å². The van der Waals surface area contributed by atoms with Crippen LogP contribution < -0.4 is 10.5 Å². The molecule has 7 nitrogen and oxygen atoms in total. The molecule has 27 heavy (non-hydrogen) atoms. The number of hydrogen-bond acceptors (Lipinski definition) is 6. The highest BCUT2D eigenvalue weighted by Gasteiger charge is 2.27. The normalized spacial score (nSPS) is 23.3. The second-order valence-electron chi connectivity index (χ2n) is 7.57. The standard InChI is InChI=1S/C20H26N4O3/c1-13-9-24(10-14(2)27-13)20-21-17-12-23(8-7-16(17)19(26)22-20)11-15-5-3-4-6-18(15)25/h3-6,13-14,25H,7-12H2,1-2H3,(H,21,22,26)/t13-,14-/m0/s1. The first-order chi connectivity index (χ1) is 13.0. The molecule has 4 rings (SSSR count). The molecule has 0 aliphatic carbocycles. The van der Waals surface area contributed by atoms with Crippen molar-refractivity contribution in [1.29, 1.82) is 0 Å². The van der Waals surface area contributed by atoms with Gasteiger partial charge in [0.15, 0.2) is 0 Å². The van der Waals surface area contributed by atoms with Crippen LogP contribution >= 0.6 is 0 Å². The van der Waals surface area contributed by atoms with Gasteiger partial charge in [0.1, 0.15) is 5.75 Å². The van der Waals surface area contributed by atoms with E-state index < -0.39 is 0 Å². The van der Waals surface area contributed by atoms with Gasteiger partial charge in [-0.1, -0.05) is 18.2 Å². The average Bonchev–Trinajstić information content (AvgIpc) is 2.62. The highest BCUT2D eigenvalue weighted by atomic mass is 16.5. The van der Waals surface area contributed by atoms with Crippen LogP contribution in [0.25, 0.3) is 0 Å². The van der Waals surface area contributed by atoms with E-state index in [4.69, 9.17) is 9.72 Å². The van der Waals surface area contributed by atoms with Gasteiger partial charge in [0.25, 0.3) is 5.56 Å². The van der Waals surface area contributed by atoms with Crippen LogP contribution in [0.2, 0.25) is 0 Å². The molecule has 3 heterocycles. The Labute approximate surface area is 158 Å². The van der Waals surface area contributed by atoms with Crippen molar-refractivity contribution in [1.82, 2.24) is 14.9 Å². The molecule has 2 aliphatic heterocycles. The summed E-state index contributed by atoms with van der Waals surface area (Å²) >= 11 is 0. The number of benzene rings is 1. The third-order valence-electron chi connectivity index (χ3n) is 5.24. The van der Waals surface area contributed by atoms with Gasteiger partial charge in [0.05, 0.1) is 17.9 Å². The topological polar surface area (TPSA) is 81.7 Å². The number of fused-ring (bicyclic) bond motifs is 1. The van der Waals surface area contributed by atoms with Crippen molar-refractivity contribution < 1.29 is 9.84 Å². The minimum absolute atomic E-state index is 0.0380. The number of para-hydroxylation sites is 1. The number of aromatic nitrogens is 2. The lowest BCUT2D eigenvalue weighted by atomic mass is 10.1. The predicted molar refractivity (Wildman–Crippen MR) is 103 cm³/mol. The SMILES string of the molecule is C[C@H]1CN(c2nc3c(c(=O)[nH]2)CCN(Cc2ccccc2O)C3)C[C@H](C)O1. The summed E-state index contributed by atoms with van der Waals surface area (Å²) in [7, 11) is 0. The number of nitrogens with zero attached hydrogens (tertiary/aromatic N) is 3. The Balaban J connectivity index is 1.56. The van der Waals surface area contributed by atoms with Gasteiger partial charge >= 0.3 is 0 Å². The maximum Gasteiger partial charge on any atom is 0.255 e. The van der Waals surface area contributed by atoms with Gasteiger partial charge in [0, 0.05) is 43.9 Å². The maximum atomic E-state index is 12.6. The molecule has 1 aromatic heterocycles. The van der Waals surface area contributed by atoms with Crippen LogP contribution in [-0.2, 0) is 24.2 Å². The fourth-order valence-electron chi connectivity index (χ4n) is 4.00. The highest BCUT2D eigenvalue weighted by Crippen LogP contribution is 2.23. The third kappa shape index (κ3) is 3.84. The Morgan fingerprint density at radius 2 is 2.00 bits per heavy atom. The Morgan fingerprint density at radius 1 is 1.26 bits per heavy atom. The minimum atomic E-state index is -0.0380. The Kier molecular flexibility index (Phi) is 4.88. The van der Waals surface area contributed by atoms with E-state index in [0.717, 1.165) is 23.4 Å². The monoisotopic (exact) mass is 370 g/mol. The lowest BCUT2D eigenvalue weighted by Gasteiger charge is -2.36. The first kappa shape index (κ1) is 18.0. The minimum Gasteiger partial charge on any atom is -0.508 e. The molecule has 2 N–H and O–H groups in total. The lowest BCUT2D eigenvalue weighted by Crippen LogP contribution is -2.47. The fraction of sp³-hybridized carbons (Fsp3) is 0.500. The van der Waals surface area contributed by atoms with E-state index in [9.17, 15) is 9.90 Å². The number of H-pyrrole nitrogens is 1. The van der Waals surface area contributed by atoms with Gasteiger partial charge < -0.3 is 14.7 Å². The van der Waals surface area contributed by atoms with Gasteiger partial charge in [-0.05, 0) is 26.3 Å². The molecule has 2 aliphatic rings. The van der Waals surface area contributed by atoms with E-state index in [-0.39, 0.29) is 17.8 Å². The summed E-state index contributed by atoms with van der Waals surface area (Å²) in [6, 6.07) is 7.38. The molecule has 144 valence electrons. The molecule has 0 bridgehead atoms. The van der Waals surface area contributed by atoms with E-state index in [1.54, 1.807) is 6.07 Å². The molecular formula is C20H26N4O3. The van der Waals surface area contributed by atoms with Gasteiger partial charge in [-0.3, -0.25) is 14.7 Å². The maximum absolute atomic E-state index is 12.6. The predicted octanol–water partition coefficient (Wildman–Crippen LogP) is 1.65. The van der Waals surface area contributed by atoms with Crippen molar-refractivity contribution in [3.8, 4) is 5.75 Å². The van der Waals surface area contributed by atoms with Gasteiger partial charge in [0.2, 0.25) is 5.95 Å². The van der Waals surface area contributed by atoms with E-state index >= 15 is 0 Å². The summed E-state index contributed by atoms with van der Waals surface area (Å²) in [4.78, 5) is 24.7. The molecule has 2 aromatic rings. The molecule has 7 heteroatoms. The van der Waals surface area contributed by atoms with Crippen molar-refractivity contribution >= 4 is 5.95 Å². The van der Waals surface area contributed by atoms with Crippen LogP contribution in [0.15, 0.2) is 29.1 Å². The summed E-state index contributed by atoms with van der Waals surface area (Å²) in [5.41, 5.74) is 2.47. The second-order valence-corrected chi connectivity index (χ2v) is 7.57. The van der Waals surface area contributed by atoms with E-state index in [2.05, 4.69) is 14.8 Å². The molecule has 1 aromatic carbocycles. The molecule has 0 amide bonds. The molecular weight excluding hydrogens is 344 g/mol. The van der Waals surface area contributed by atoms with Gasteiger partial charge in [-0.2, -0.15) is 0 Å². The Hall–Kier alpha value is -2.38. The van der Waals surface area contributed by atoms with Crippen LogP contribution in [0.1, 0.15) is 30.7 Å². The summed E-state index contributed by atoms with van der Waals surface area (Å²) in [5.74, 6) is 0.935. The Morgan fingerprint density at radius 3 is 2.74 bits per heavy atom. The van der Waals surface area contributed by atoms with Crippen molar-refractivity contribution in [2.24, 2.45) is 0 Å². The van der Waals surface area contributed by atoms with Crippen molar-refractivity contribution in [2.75, 3.05) is 24.5 Å². The van der Waals surface area contributed by atoms with Crippen molar-refractivity contribution in [3.05, 3.63) is 51.4 Å². The number of aromatic amines is 1. The summed E-state index contributed by atoms with van der Waals surface area (Å²) in [6.45, 7) is 7.52. The van der Waals surface area contributed by atoms with Crippen LogP contribution in [0, 0.1) is 0 Å². The Bertz CT molecular complexity index is 872. The van der Waals surface area contributed by atoms with Gasteiger partial charge in [-0.15, -0.1) is 0 Å². The number of nitrogens with one attached hydrogen (secondary N) is 1. The quantitative estimate of drug-likeness (QED) is 0.855. The summed E-state index contributed by atoms with van der Waals surface area (Å²) < 4.78 is 5.78. The largest absolute Gasteiger partial charge is 0.508 e. The molecule has 1 fully saturated rings. The van der Waals surface area contributed by atoms with Crippen LogP contribution in [-0.4, -0.2) is 51.8 Å². The number of anilines is 1. The number of aromatic hydroxyl groups is 1. The van der Waals surface area contributed by atoms with Crippen LogP contribution in [0.4, 0.5) is 5.95 Å². The summed E-state index contributed by atoms with van der Waals surface area (Å²) in [6.07, 6.45) is 0.877. The molecule has 0 radical (unpaired) electrons. The number of hydrogen-bond donors (Lipinski definition) is 2. The molecule has 1 saturated heterocycles. The van der Waals surface area contributed by atoms with E-state index in [0.29, 0.717) is 44.3 Å². The van der Waals surface area contributed by atoms with E-state index in [1.165, 1.54) is 0 Å². The zero-order valence-electron chi connectivity index (χ0n) is 15.8. The number of phenols is 1. The van der Waals surface area contributed by atoms with Crippen molar-refractivity contribution in [2.45, 2.75) is 45.6 Å². The first-order valence-electron chi connectivity index (χ1n) is 9.51. The number of morpholine rings is 1. The number of rotatable bonds is 3.